The molecule has 0 fully saturated rings. The molecule has 2 aromatic rings. The Hall–Kier alpha value is -1.59. The molecule has 0 aromatic heterocycles. The number of hydrogen-bond acceptors (Lipinski definition) is 3. The van der Waals surface area contributed by atoms with Crippen LogP contribution in [0.2, 0.25) is 0 Å². The fourth-order valence-electron chi connectivity index (χ4n) is 1.81. The first-order valence-corrected chi connectivity index (χ1v) is 6.79. The van der Waals surface area contributed by atoms with Crippen LogP contribution >= 0.6 is 15.9 Å². The van der Waals surface area contributed by atoms with E-state index in [1.165, 1.54) is 7.11 Å². The molecule has 5 heteroatoms. The Morgan fingerprint density at radius 1 is 1.15 bits per heavy atom. The summed E-state index contributed by atoms with van der Waals surface area (Å²) in [5.41, 5.74) is 1.03. The van der Waals surface area contributed by atoms with E-state index in [0.717, 1.165) is 0 Å². The lowest BCUT2D eigenvalue weighted by atomic mass is 10.2. The minimum absolute atomic E-state index is 0.0542. The third-order valence-electron chi connectivity index (χ3n) is 2.85. The van der Waals surface area contributed by atoms with E-state index in [9.17, 15) is 9.50 Å². The van der Waals surface area contributed by atoms with Crippen molar-refractivity contribution in [1.29, 1.82) is 0 Å². The molecule has 0 atom stereocenters. The van der Waals surface area contributed by atoms with Gasteiger partial charge >= 0.3 is 0 Å². The molecule has 0 aliphatic heterocycles. The van der Waals surface area contributed by atoms with Crippen molar-refractivity contribution in [2.75, 3.05) is 7.11 Å². The van der Waals surface area contributed by atoms with Crippen LogP contribution in [0.5, 0.6) is 11.5 Å². The summed E-state index contributed by atoms with van der Waals surface area (Å²) >= 11 is 3.35. The van der Waals surface area contributed by atoms with Crippen molar-refractivity contribution < 1.29 is 19.0 Å². The highest BCUT2D eigenvalue weighted by molar-refractivity contribution is 9.10. The molecule has 0 spiro atoms. The van der Waals surface area contributed by atoms with Crippen LogP contribution < -0.4 is 9.47 Å². The molecule has 0 unspecified atom stereocenters. The number of hydrogen-bond donors (Lipinski definition) is 1. The van der Waals surface area contributed by atoms with Crippen molar-refractivity contribution >= 4 is 15.9 Å². The fraction of sp³-hybridized carbons (Fsp3) is 0.200. The van der Waals surface area contributed by atoms with Gasteiger partial charge in [0.25, 0.3) is 0 Å². The van der Waals surface area contributed by atoms with Gasteiger partial charge in [0.15, 0.2) is 11.6 Å². The molecular weight excluding hydrogens is 327 g/mol. The van der Waals surface area contributed by atoms with Crippen LogP contribution in [0.4, 0.5) is 4.39 Å². The first-order chi connectivity index (χ1) is 9.67. The predicted molar refractivity (Wildman–Crippen MR) is 77.3 cm³/mol. The predicted octanol–water partition coefficient (Wildman–Crippen LogP) is 3.67. The topological polar surface area (TPSA) is 38.7 Å². The Morgan fingerprint density at radius 2 is 1.85 bits per heavy atom. The average molecular weight is 341 g/mol. The largest absolute Gasteiger partial charge is 0.494 e. The lowest BCUT2D eigenvalue weighted by Crippen LogP contribution is -2.02. The number of ether oxygens (including phenoxy) is 2. The van der Waals surface area contributed by atoms with E-state index in [0.29, 0.717) is 21.3 Å². The van der Waals surface area contributed by atoms with Crippen molar-refractivity contribution in [2.24, 2.45) is 0 Å². The van der Waals surface area contributed by atoms with Crippen molar-refractivity contribution in [3.8, 4) is 11.5 Å². The summed E-state index contributed by atoms with van der Waals surface area (Å²) in [4.78, 5) is 0. The zero-order valence-electron chi connectivity index (χ0n) is 10.9. The first kappa shape index (κ1) is 14.8. The molecule has 2 aromatic carbocycles. The van der Waals surface area contributed by atoms with Crippen LogP contribution in [-0.4, -0.2) is 12.2 Å². The molecule has 0 bridgehead atoms. The summed E-state index contributed by atoms with van der Waals surface area (Å²) < 4.78 is 25.3. The molecule has 0 amide bonds. The van der Waals surface area contributed by atoms with Gasteiger partial charge in [-0.05, 0) is 28.1 Å². The smallest absolute Gasteiger partial charge is 0.171 e. The van der Waals surface area contributed by atoms with E-state index in [2.05, 4.69) is 15.9 Å². The average Bonchev–Trinajstić information content (AvgIpc) is 2.47. The van der Waals surface area contributed by atoms with Crippen LogP contribution in [0, 0.1) is 5.82 Å². The summed E-state index contributed by atoms with van der Waals surface area (Å²) in [6, 6.07) is 10.2. The van der Waals surface area contributed by atoms with Gasteiger partial charge in [0.2, 0.25) is 0 Å². The normalized spacial score (nSPS) is 10.4. The van der Waals surface area contributed by atoms with Gasteiger partial charge < -0.3 is 14.6 Å². The Kier molecular flexibility index (Phi) is 4.98. The number of benzene rings is 2. The summed E-state index contributed by atoms with van der Waals surface area (Å²) in [6.45, 7) is -0.0893. The van der Waals surface area contributed by atoms with Crippen LogP contribution in [-0.2, 0) is 13.2 Å². The second kappa shape index (κ2) is 6.72. The molecule has 1 N–H and O–H groups in total. The quantitative estimate of drug-likeness (QED) is 0.902. The van der Waals surface area contributed by atoms with Crippen molar-refractivity contribution in [3.63, 3.8) is 0 Å². The molecule has 0 saturated heterocycles. The molecule has 0 aliphatic carbocycles. The van der Waals surface area contributed by atoms with Gasteiger partial charge in [-0.25, -0.2) is 4.39 Å². The SMILES string of the molecule is COc1cccc(COc2c(Br)cccc2CO)c1F. The first-order valence-electron chi connectivity index (χ1n) is 5.99. The molecule has 106 valence electrons. The summed E-state index contributed by atoms with van der Waals surface area (Å²) in [5.74, 6) is 0.255. The van der Waals surface area contributed by atoms with Crippen LogP contribution in [0.15, 0.2) is 40.9 Å². The van der Waals surface area contributed by atoms with Gasteiger partial charge in [-0.2, -0.15) is 0 Å². The Balaban J connectivity index is 2.21. The number of methoxy groups -OCH3 is 1. The molecule has 3 nitrogen and oxygen atoms in total. The van der Waals surface area contributed by atoms with Crippen molar-refractivity contribution in [1.82, 2.24) is 0 Å². The summed E-state index contributed by atoms with van der Waals surface area (Å²) in [7, 11) is 1.42. The lowest BCUT2D eigenvalue weighted by molar-refractivity contribution is 0.255. The lowest BCUT2D eigenvalue weighted by Gasteiger charge is -2.13. The standard InChI is InChI=1S/C15H14BrFO3/c1-19-13-7-3-5-11(14(13)17)9-20-15-10(8-18)4-2-6-12(15)16/h2-7,18H,8-9H2,1H3. The second-order valence-corrected chi connectivity index (χ2v) is 4.96. The Bertz CT molecular complexity index is 602. The molecular formula is C15H14BrFO3. The maximum atomic E-state index is 14.0. The Morgan fingerprint density at radius 3 is 2.55 bits per heavy atom. The number of halogens is 2. The van der Waals surface area contributed by atoms with E-state index in [4.69, 9.17) is 9.47 Å². The number of para-hydroxylation sites is 1. The molecule has 0 saturated carbocycles. The third kappa shape index (κ3) is 3.11. The van der Waals surface area contributed by atoms with Gasteiger partial charge in [0.1, 0.15) is 12.4 Å². The Labute approximate surface area is 125 Å². The third-order valence-corrected chi connectivity index (χ3v) is 3.48. The van der Waals surface area contributed by atoms with Crippen LogP contribution in [0.25, 0.3) is 0 Å². The van der Waals surface area contributed by atoms with E-state index >= 15 is 0 Å². The van der Waals surface area contributed by atoms with Crippen LogP contribution in [0.3, 0.4) is 0 Å². The van der Waals surface area contributed by atoms with Crippen molar-refractivity contribution in [3.05, 3.63) is 57.8 Å². The molecule has 0 heterocycles. The zero-order valence-corrected chi connectivity index (χ0v) is 12.5. The fourth-order valence-corrected chi connectivity index (χ4v) is 2.34. The zero-order chi connectivity index (χ0) is 14.5. The molecule has 2 rings (SSSR count). The summed E-state index contributed by atoms with van der Waals surface area (Å²) in [6.07, 6.45) is 0. The van der Waals surface area contributed by atoms with Gasteiger partial charge in [-0.15, -0.1) is 0 Å². The number of aliphatic hydroxyl groups excluding tert-OH is 1. The van der Waals surface area contributed by atoms with Gasteiger partial charge in [0.05, 0.1) is 18.2 Å². The number of rotatable bonds is 5. The van der Waals surface area contributed by atoms with Crippen molar-refractivity contribution in [2.45, 2.75) is 13.2 Å². The van der Waals surface area contributed by atoms with E-state index in [1.54, 1.807) is 36.4 Å². The maximum absolute atomic E-state index is 14.0. The molecule has 0 aliphatic rings. The number of aliphatic hydroxyl groups is 1. The van der Waals surface area contributed by atoms with E-state index in [-0.39, 0.29) is 19.0 Å². The van der Waals surface area contributed by atoms with E-state index < -0.39 is 5.82 Å². The van der Waals surface area contributed by atoms with Gasteiger partial charge in [0, 0.05) is 11.1 Å². The highest BCUT2D eigenvalue weighted by Gasteiger charge is 2.11. The van der Waals surface area contributed by atoms with Gasteiger partial charge in [-0.1, -0.05) is 24.3 Å². The highest BCUT2D eigenvalue weighted by atomic mass is 79.9. The molecule has 20 heavy (non-hydrogen) atoms. The van der Waals surface area contributed by atoms with E-state index in [1.807, 2.05) is 0 Å². The molecule has 0 radical (unpaired) electrons. The second-order valence-electron chi connectivity index (χ2n) is 4.11. The minimum atomic E-state index is -0.437. The maximum Gasteiger partial charge on any atom is 0.171 e. The summed E-state index contributed by atoms with van der Waals surface area (Å²) in [5, 5.41) is 9.28. The minimum Gasteiger partial charge on any atom is -0.494 e. The highest BCUT2D eigenvalue weighted by Crippen LogP contribution is 2.30. The van der Waals surface area contributed by atoms with Gasteiger partial charge in [-0.3, -0.25) is 0 Å². The monoisotopic (exact) mass is 340 g/mol. The van der Waals surface area contributed by atoms with Crippen LogP contribution in [0.1, 0.15) is 11.1 Å².